The fourth-order valence-electron chi connectivity index (χ4n) is 3.18. The van der Waals surface area contributed by atoms with E-state index in [1.807, 2.05) is 6.92 Å². The molecule has 3 rings (SSSR count). The molecule has 0 aliphatic carbocycles. The van der Waals surface area contributed by atoms with Gasteiger partial charge in [-0.2, -0.15) is 5.10 Å². The zero-order valence-corrected chi connectivity index (χ0v) is 16.1. The lowest BCUT2D eigenvalue weighted by Gasteiger charge is -2.30. The average molecular weight is 389 g/mol. The molecule has 1 aliphatic rings. The van der Waals surface area contributed by atoms with Crippen LogP contribution in [0.25, 0.3) is 5.69 Å². The molecule has 0 N–H and O–H groups in total. The topological polar surface area (TPSA) is 73.7 Å². The highest BCUT2D eigenvalue weighted by atomic mass is 19.1. The summed E-state index contributed by atoms with van der Waals surface area (Å²) in [6.45, 7) is 3.34. The van der Waals surface area contributed by atoms with Crippen molar-refractivity contribution in [2.24, 2.45) is 5.92 Å². The van der Waals surface area contributed by atoms with Crippen LogP contribution in [0.5, 0.6) is 5.75 Å². The molecule has 1 aromatic heterocycles. The molecule has 0 radical (unpaired) electrons. The molecular weight excluding hydrogens is 365 g/mol. The van der Waals surface area contributed by atoms with E-state index in [2.05, 4.69) is 5.10 Å². The number of hydrogen-bond donors (Lipinski definition) is 0. The lowest BCUT2D eigenvalue weighted by atomic mass is 9.97. The van der Waals surface area contributed by atoms with E-state index in [-0.39, 0.29) is 29.3 Å². The van der Waals surface area contributed by atoms with E-state index in [4.69, 9.17) is 9.47 Å². The number of piperidine rings is 1. The van der Waals surface area contributed by atoms with Crippen molar-refractivity contribution in [1.29, 1.82) is 0 Å². The molecule has 1 saturated heterocycles. The van der Waals surface area contributed by atoms with Gasteiger partial charge >= 0.3 is 5.97 Å². The van der Waals surface area contributed by atoms with E-state index in [0.717, 1.165) is 6.42 Å². The Morgan fingerprint density at radius 1 is 1.21 bits per heavy atom. The van der Waals surface area contributed by atoms with Gasteiger partial charge < -0.3 is 14.4 Å². The van der Waals surface area contributed by atoms with Gasteiger partial charge in [0.2, 0.25) is 0 Å². The van der Waals surface area contributed by atoms with Crippen LogP contribution in [0.1, 0.15) is 36.7 Å². The Morgan fingerprint density at radius 3 is 2.50 bits per heavy atom. The molecule has 150 valence electrons. The summed E-state index contributed by atoms with van der Waals surface area (Å²) < 4.78 is 25.2. The Morgan fingerprint density at radius 2 is 1.89 bits per heavy atom. The zero-order chi connectivity index (χ0) is 20.1. The van der Waals surface area contributed by atoms with Crippen molar-refractivity contribution in [1.82, 2.24) is 14.7 Å². The number of carbonyl (C=O) groups excluding carboxylic acids is 2. The first-order chi connectivity index (χ1) is 13.5. The van der Waals surface area contributed by atoms with Gasteiger partial charge in [-0.25, -0.2) is 9.07 Å². The van der Waals surface area contributed by atoms with Crippen LogP contribution in [0.4, 0.5) is 4.39 Å². The van der Waals surface area contributed by atoms with Crippen molar-refractivity contribution in [2.75, 3.05) is 26.8 Å². The van der Waals surface area contributed by atoms with Gasteiger partial charge in [0.15, 0.2) is 11.4 Å². The molecule has 0 spiro atoms. The van der Waals surface area contributed by atoms with Crippen LogP contribution in [0.2, 0.25) is 0 Å². The van der Waals surface area contributed by atoms with Crippen molar-refractivity contribution < 1.29 is 23.5 Å². The second-order valence-electron chi connectivity index (χ2n) is 6.70. The Bertz CT molecular complexity index is 826. The van der Waals surface area contributed by atoms with E-state index >= 15 is 0 Å². The highest BCUT2D eigenvalue weighted by molar-refractivity contribution is 5.95. The molecule has 2 aromatic rings. The number of aromatic nitrogens is 2. The molecule has 7 nitrogen and oxygen atoms in total. The minimum atomic E-state index is -0.344. The fourth-order valence-corrected chi connectivity index (χ4v) is 3.18. The van der Waals surface area contributed by atoms with E-state index in [1.165, 1.54) is 23.9 Å². The monoisotopic (exact) mass is 389 g/mol. The maximum Gasteiger partial charge on any atom is 0.308 e. The number of halogens is 1. The van der Waals surface area contributed by atoms with E-state index in [9.17, 15) is 14.0 Å². The van der Waals surface area contributed by atoms with Crippen LogP contribution in [-0.2, 0) is 9.53 Å². The Kier molecular flexibility index (Phi) is 6.28. The summed E-state index contributed by atoms with van der Waals surface area (Å²) in [6, 6.07) is 5.84. The predicted octanol–water partition coefficient (Wildman–Crippen LogP) is 2.83. The van der Waals surface area contributed by atoms with Crippen molar-refractivity contribution in [3.63, 3.8) is 0 Å². The number of esters is 1. The normalized spacial score (nSPS) is 14.8. The first-order valence-corrected chi connectivity index (χ1v) is 9.39. The molecule has 8 heteroatoms. The van der Waals surface area contributed by atoms with Gasteiger partial charge in [-0.3, -0.25) is 9.59 Å². The molecule has 0 atom stereocenters. The summed E-state index contributed by atoms with van der Waals surface area (Å²) in [6.07, 6.45) is 3.54. The number of hydrogen-bond acceptors (Lipinski definition) is 5. The number of benzene rings is 1. The van der Waals surface area contributed by atoms with Crippen LogP contribution in [-0.4, -0.2) is 53.4 Å². The summed E-state index contributed by atoms with van der Waals surface area (Å²) in [7, 11) is 1.37. The largest absolute Gasteiger partial charge is 0.489 e. The Hall–Kier alpha value is -2.90. The first-order valence-electron chi connectivity index (χ1n) is 9.39. The average Bonchev–Trinajstić information content (AvgIpc) is 3.15. The van der Waals surface area contributed by atoms with Gasteiger partial charge in [0, 0.05) is 13.1 Å². The Balaban J connectivity index is 1.80. The van der Waals surface area contributed by atoms with E-state index < -0.39 is 0 Å². The maximum atomic E-state index is 13.2. The molecule has 2 heterocycles. The second-order valence-corrected chi connectivity index (χ2v) is 6.70. The third kappa shape index (κ3) is 4.32. The SMILES string of the molecule is CCCOc1cn(-c2ccc(F)cc2)nc1C(=O)N1CCC(C(=O)OC)CC1. The number of carbonyl (C=O) groups is 2. The van der Waals surface area contributed by atoms with Gasteiger partial charge in [0.05, 0.1) is 31.5 Å². The molecule has 28 heavy (non-hydrogen) atoms. The number of methoxy groups -OCH3 is 1. The van der Waals surface area contributed by atoms with Crippen LogP contribution in [0.3, 0.4) is 0 Å². The van der Waals surface area contributed by atoms with Crippen LogP contribution < -0.4 is 4.74 Å². The number of likely N-dealkylation sites (tertiary alicyclic amines) is 1. The van der Waals surface area contributed by atoms with Crippen molar-refractivity contribution >= 4 is 11.9 Å². The lowest BCUT2D eigenvalue weighted by Crippen LogP contribution is -2.40. The Labute approximate surface area is 163 Å². The van der Waals surface area contributed by atoms with E-state index in [1.54, 1.807) is 23.2 Å². The standard InChI is InChI=1S/C20H24FN3O4/c1-3-12-28-17-13-24(16-6-4-15(21)5-7-16)22-18(17)19(25)23-10-8-14(9-11-23)20(26)27-2/h4-7,13-14H,3,8-12H2,1-2H3. The van der Waals surface area contributed by atoms with Gasteiger partial charge in [-0.05, 0) is 43.5 Å². The van der Waals surface area contributed by atoms with Gasteiger partial charge in [0.1, 0.15) is 5.82 Å². The molecule has 0 bridgehead atoms. The van der Waals surface area contributed by atoms with Crippen molar-refractivity contribution in [2.45, 2.75) is 26.2 Å². The molecule has 1 amide bonds. The van der Waals surface area contributed by atoms with E-state index in [0.29, 0.717) is 44.0 Å². The lowest BCUT2D eigenvalue weighted by molar-refractivity contribution is -0.146. The van der Waals surface area contributed by atoms with Gasteiger partial charge in [-0.1, -0.05) is 6.92 Å². The third-order valence-electron chi connectivity index (χ3n) is 4.75. The number of ether oxygens (including phenoxy) is 2. The molecule has 1 aliphatic heterocycles. The molecule has 0 saturated carbocycles. The molecule has 1 aromatic carbocycles. The van der Waals surface area contributed by atoms with Crippen LogP contribution in [0.15, 0.2) is 30.5 Å². The summed E-state index contributed by atoms with van der Waals surface area (Å²) in [5.74, 6) is -0.606. The zero-order valence-electron chi connectivity index (χ0n) is 16.1. The highest BCUT2D eigenvalue weighted by Gasteiger charge is 2.31. The minimum Gasteiger partial charge on any atom is -0.489 e. The van der Waals surface area contributed by atoms with Gasteiger partial charge in [0.25, 0.3) is 5.91 Å². The fraction of sp³-hybridized carbons (Fsp3) is 0.450. The quantitative estimate of drug-likeness (QED) is 0.711. The summed E-state index contributed by atoms with van der Waals surface area (Å²) in [5.41, 5.74) is 0.848. The molecule has 0 unspecified atom stereocenters. The molecule has 1 fully saturated rings. The number of rotatable bonds is 6. The van der Waals surface area contributed by atoms with Crippen molar-refractivity contribution in [3.05, 3.63) is 42.0 Å². The van der Waals surface area contributed by atoms with Crippen LogP contribution >= 0.6 is 0 Å². The summed E-state index contributed by atoms with van der Waals surface area (Å²) in [4.78, 5) is 26.4. The first kappa shape index (κ1) is 19.9. The van der Waals surface area contributed by atoms with Crippen molar-refractivity contribution in [3.8, 4) is 11.4 Å². The summed E-state index contributed by atoms with van der Waals surface area (Å²) in [5, 5.41) is 4.39. The number of nitrogens with zero attached hydrogens (tertiary/aromatic N) is 3. The number of amides is 1. The smallest absolute Gasteiger partial charge is 0.308 e. The second kappa shape index (κ2) is 8.86. The third-order valence-corrected chi connectivity index (χ3v) is 4.75. The maximum absolute atomic E-state index is 13.2. The highest BCUT2D eigenvalue weighted by Crippen LogP contribution is 2.25. The minimum absolute atomic E-state index is 0.179. The predicted molar refractivity (Wildman–Crippen MR) is 100.0 cm³/mol. The van der Waals surface area contributed by atoms with Gasteiger partial charge in [-0.15, -0.1) is 0 Å². The molecular formula is C20H24FN3O4. The summed E-state index contributed by atoms with van der Waals surface area (Å²) >= 11 is 0. The van der Waals surface area contributed by atoms with Crippen LogP contribution in [0, 0.1) is 11.7 Å².